The number of benzene rings is 3. The van der Waals surface area contributed by atoms with Crippen molar-refractivity contribution in [3.63, 3.8) is 0 Å². The molecular formula is C22H20FNO4S. The monoisotopic (exact) mass is 413 g/mol. The van der Waals surface area contributed by atoms with E-state index in [1.807, 2.05) is 31.2 Å². The molecule has 0 saturated carbocycles. The number of amides is 1. The Kier molecular flexibility index (Phi) is 6.29. The maximum Gasteiger partial charge on any atom is 0.225 e. The number of carbonyl (C=O) groups excluding carboxylic acids is 1. The highest BCUT2D eigenvalue weighted by Gasteiger charge is 2.16. The Morgan fingerprint density at radius 3 is 2.31 bits per heavy atom. The van der Waals surface area contributed by atoms with Gasteiger partial charge in [0.15, 0.2) is 9.84 Å². The van der Waals surface area contributed by atoms with Crippen molar-refractivity contribution in [2.24, 2.45) is 0 Å². The number of hydrogen-bond donors (Lipinski definition) is 1. The van der Waals surface area contributed by atoms with E-state index in [-0.39, 0.29) is 17.1 Å². The zero-order valence-corrected chi connectivity index (χ0v) is 16.6. The lowest BCUT2D eigenvalue weighted by atomic mass is 10.2. The predicted molar refractivity (Wildman–Crippen MR) is 109 cm³/mol. The van der Waals surface area contributed by atoms with E-state index in [1.165, 1.54) is 12.1 Å². The Labute approximate surface area is 169 Å². The molecule has 0 unspecified atom stereocenters. The Morgan fingerprint density at radius 1 is 0.966 bits per heavy atom. The van der Waals surface area contributed by atoms with Gasteiger partial charge in [-0.15, -0.1) is 0 Å². The molecule has 0 atom stereocenters. The van der Waals surface area contributed by atoms with Crippen molar-refractivity contribution in [3.05, 3.63) is 84.2 Å². The fraction of sp³-hybridized carbons (Fsp3) is 0.136. The molecule has 0 aliphatic heterocycles. The third-order valence-electron chi connectivity index (χ3n) is 4.13. The number of halogens is 1. The van der Waals surface area contributed by atoms with Gasteiger partial charge in [0.25, 0.3) is 0 Å². The molecule has 0 aliphatic carbocycles. The molecular weight excluding hydrogens is 393 g/mol. The molecule has 1 N–H and O–H groups in total. The van der Waals surface area contributed by atoms with Crippen LogP contribution in [-0.4, -0.2) is 20.1 Å². The van der Waals surface area contributed by atoms with Crippen LogP contribution in [0.1, 0.15) is 12.0 Å². The number of anilines is 1. The minimum Gasteiger partial charge on any atom is -0.457 e. The molecule has 5 nitrogen and oxygen atoms in total. The predicted octanol–water partition coefficient (Wildman–Crippen LogP) is 4.73. The number of nitrogens with one attached hydrogen (secondary N) is 1. The maximum absolute atomic E-state index is 12.9. The van der Waals surface area contributed by atoms with E-state index < -0.39 is 21.6 Å². The maximum atomic E-state index is 12.9. The molecule has 3 aromatic rings. The van der Waals surface area contributed by atoms with Crippen LogP contribution in [0.3, 0.4) is 0 Å². The molecule has 3 rings (SSSR count). The Hall–Kier alpha value is -3.19. The van der Waals surface area contributed by atoms with E-state index in [4.69, 9.17) is 4.74 Å². The van der Waals surface area contributed by atoms with E-state index in [0.29, 0.717) is 17.2 Å². The van der Waals surface area contributed by atoms with Crippen LogP contribution in [0.4, 0.5) is 10.1 Å². The molecule has 3 aromatic carbocycles. The van der Waals surface area contributed by atoms with Crippen LogP contribution in [-0.2, 0) is 14.6 Å². The summed E-state index contributed by atoms with van der Waals surface area (Å²) in [6.07, 6.45) is -0.207. The zero-order chi connectivity index (χ0) is 20.9. The summed E-state index contributed by atoms with van der Waals surface area (Å²) in [6, 6.07) is 19.0. The third kappa shape index (κ3) is 5.89. The van der Waals surface area contributed by atoms with Crippen LogP contribution in [0, 0.1) is 12.7 Å². The first kappa shape index (κ1) is 20.5. The molecule has 0 aromatic heterocycles. The fourth-order valence-corrected chi connectivity index (χ4v) is 3.87. The normalized spacial score (nSPS) is 11.1. The Balaban J connectivity index is 1.54. The lowest BCUT2D eigenvalue weighted by molar-refractivity contribution is -0.115. The van der Waals surface area contributed by atoms with Crippen LogP contribution >= 0.6 is 0 Å². The number of rotatable bonds is 7. The summed E-state index contributed by atoms with van der Waals surface area (Å²) < 4.78 is 43.1. The third-order valence-corrected chi connectivity index (χ3v) is 5.87. The van der Waals surface area contributed by atoms with Gasteiger partial charge in [0, 0.05) is 12.1 Å². The summed E-state index contributed by atoms with van der Waals surface area (Å²) in [7, 11) is -3.66. The first-order valence-corrected chi connectivity index (χ1v) is 10.6. The molecule has 0 spiro atoms. The smallest absolute Gasteiger partial charge is 0.225 e. The van der Waals surface area contributed by atoms with Crippen LogP contribution in [0.15, 0.2) is 77.7 Å². The quantitative estimate of drug-likeness (QED) is 0.569. The van der Waals surface area contributed by atoms with Crippen LogP contribution in [0.5, 0.6) is 11.5 Å². The second-order valence-electron chi connectivity index (χ2n) is 6.51. The number of ether oxygens (including phenoxy) is 1. The van der Waals surface area contributed by atoms with Crippen molar-refractivity contribution < 1.29 is 22.3 Å². The van der Waals surface area contributed by atoms with E-state index in [2.05, 4.69) is 5.32 Å². The number of aryl methyl sites for hydroxylation is 1. The molecule has 1 amide bonds. The SMILES string of the molecule is Cc1cccc(Oc2ccc(NC(=O)CCS(=O)(=O)c3ccc(F)cc3)cc2)c1. The molecule has 0 fully saturated rings. The van der Waals surface area contributed by atoms with Crippen LogP contribution < -0.4 is 10.1 Å². The van der Waals surface area contributed by atoms with Gasteiger partial charge < -0.3 is 10.1 Å². The molecule has 150 valence electrons. The van der Waals surface area contributed by atoms with E-state index in [1.54, 1.807) is 24.3 Å². The Bertz CT molecular complexity index is 1090. The zero-order valence-electron chi connectivity index (χ0n) is 15.8. The highest BCUT2D eigenvalue weighted by atomic mass is 32.2. The largest absolute Gasteiger partial charge is 0.457 e. The number of sulfone groups is 1. The summed E-state index contributed by atoms with van der Waals surface area (Å²) >= 11 is 0. The molecule has 0 heterocycles. The average Bonchev–Trinajstić information content (AvgIpc) is 2.68. The first-order chi connectivity index (χ1) is 13.8. The molecule has 0 saturated heterocycles. The van der Waals surface area contributed by atoms with Gasteiger partial charge in [-0.25, -0.2) is 12.8 Å². The highest BCUT2D eigenvalue weighted by molar-refractivity contribution is 7.91. The van der Waals surface area contributed by atoms with Crippen LogP contribution in [0.25, 0.3) is 0 Å². The van der Waals surface area contributed by atoms with Crippen molar-refractivity contribution in [2.75, 3.05) is 11.1 Å². The molecule has 0 aliphatic rings. The van der Waals surface area contributed by atoms with Gasteiger partial charge in [0.1, 0.15) is 17.3 Å². The molecule has 29 heavy (non-hydrogen) atoms. The van der Waals surface area contributed by atoms with Crippen molar-refractivity contribution >= 4 is 21.4 Å². The summed E-state index contributed by atoms with van der Waals surface area (Å²) in [5, 5.41) is 2.66. The number of carbonyl (C=O) groups is 1. The summed E-state index contributed by atoms with van der Waals surface area (Å²) in [6.45, 7) is 1.97. The summed E-state index contributed by atoms with van der Waals surface area (Å²) in [5.74, 6) is 0.0266. The topological polar surface area (TPSA) is 72.5 Å². The van der Waals surface area contributed by atoms with Gasteiger partial charge in [-0.1, -0.05) is 12.1 Å². The Morgan fingerprint density at radius 2 is 1.66 bits per heavy atom. The van der Waals surface area contributed by atoms with Gasteiger partial charge in [0.2, 0.25) is 5.91 Å². The molecule has 0 radical (unpaired) electrons. The van der Waals surface area contributed by atoms with Crippen molar-refractivity contribution in [3.8, 4) is 11.5 Å². The first-order valence-electron chi connectivity index (χ1n) is 8.95. The lowest BCUT2D eigenvalue weighted by Gasteiger charge is -2.09. The standard InChI is InChI=1S/C22H20FNO4S/c1-16-3-2-4-20(15-16)28-19-9-7-18(8-10-19)24-22(25)13-14-29(26,27)21-11-5-17(23)6-12-21/h2-12,15H,13-14H2,1H3,(H,24,25). The average molecular weight is 413 g/mol. The second-order valence-corrected chi connectivity index (χ2v) is 8.62. The summed E-state index contributed by atoms with van der Waals surface area (Å²) in [4.78, 5) is 12.1. The van der Waals surface area contributed by atoms with E-state index in [9.17, 15) is 17.6 Å². The van der Waals surface area contributed by atoms with Gasteiger partial charge in [-0.3, -0.25) is 4.79 Å². The number of hydrogen-bond acceptors (Lipinski definition) is 4. The van der Waals surface area contributed by atoms with E-state index >= 15 is 0 Å². The minimum atomic E-state index is -3.66. The van der Waals surface area contributed by atoms with Gasteiger partial charge in [-0.2, -0.15) is 0 Å². The van der Waals surface area contributed by atoms with Crippen LogP contribution in [0.2, 0.25) is 0 Å². The molecule has 0 bridgehead atoms. The summed E-state index contributed by atoms with van der Waals surface area (Å²) in [5.41, 5.74) is 1.62. The minimum absolute atomic E-state index is 0.00986. The molecule has 7 heteroatoms. The van der Waals surface area contributed by atoms with Gasteiger partial charge in [0.05, 0.1) is 10.6 Å². The second kappa shape index (κ2) is 8.87. The van der Waals surface area contributed by atoms with Crippen molar-refractivity contribution in [2.45, 2.75) is 18.2 Å². The van der Waals surface area contributed by atoms with Gasteiger partial charge >= 0.3 is 0 Å². The van der Waals surface area contributed by atoms with Crippen molar-refractivity contribution in [1.82, 2.24) is 0 Å². The van der Waals surface area contributed by atoms with Gasteiger partial charge in [-0.05, 0) is 73.2 Å². The lowest BCUT2D eigenvalue weighted by Crippen LogP contribution is -2.17. The van der Waals surface area contributed by atoms with Crippen molar-refractivity contribution in [1.29, 1.82) is 0 Å². The highest BCUT2D eigenvalue weighted by Crippen LogP contribution is 2.23. The fourth-order valence-electron chi connectivity index (χ4n) is 2.63. The van der Waals surface area contributed by atoms with E-state index in [0.717, 1.165) is 17.7 Å².